The van der Waals surface area contributed by atoms with Crippen LogP contribution in [0.5, 0.6) is 0 Å². The fourth-order valence-corrected chi connectivity index (χ4v) is 9.33. The number of carboxylic acid groups (broad SMARTS) is 3. The van der Waals surface area contributed by atoms with E-state index < -0.39 is 230 Å². The molecule has 0 radical (unpaired) electrons. The van der Waals surface area contributed by atoms with Crippen molar-refractivity contribution in [3.63, 3.8) is 0 Å². The Hall–Kier alpha value is -8.78. The Morgan fingerprint density at radius 1 is 0.443 bits per heavy atom. The first-order chi connectivity index (χ1) is 45.4. The molecule has 0 bridgehead atoms. The Morgan fingerprint density at radius 3 is 1.37 bits per heavy atom. The van der Waals surface area contributed by atoms with Crippen molar-refractivity contribution >= 4 is 112 Å². The van der Waals surface area contributed by atoms with E-state index in [9.17, 15) is 96.8 Å². The molecule has 0 aliphatic carbocycles. The summed E-state index contributed by atoms with van der Waals surface area (Å²) in [6.45, 7) is 11.3. The van der Waals surface area contributed by atoms with E-state index in [0.29, 0.717) is 25.0 Å². The largest absolute Gasteiger partial charge is 0.481 e. The van der Waals surface area contributed by atoms with Crippen LogP contribution in [0.15, 0.2) is 0 Å². The lowest BCUT2D eigenvalue weighted by atomic mass is 9.94. The van der Waals surface area contributed by atoms with Crippen LogP contribution in [-0.2, 0) is 81.5 Å². The maximum atomic E-state index is 14.0. The zero-order chi connectivity index (χ0) is 74.4. The minimum atomic E-state index is -1.87. The van der Waals surface area contributed by atoms with Crippen LogP contribution in [0, 0.1) is 23.7 Å². The zero-order valence-corrected chi connectivity index (χ0v) is 57.4. The Morgan fingerprint density at radius 2 is 0.887 bits per heavy atom. The molecule has 13 atom stereocenters. The van der Waals surface area contributed by atoms with E-state index >= 15 is 0 Å². The molecule has 0 aromatic rings. The van der Waals surface area contributed by atoms with Gasteiger partial charge in [-0.1, -0.05) is 68.2 Å². The lowest BCUT2D eigenvalue weighted by molar-refractivity contribution is -0.142. The molecule has 37 nitrogen and oxygen atoms in total. The highest BCUT2D eigenvalue weighted by molar-refractivity contribution is 7.98. The molecule has 0 saturated carbocycles. The fourth-order valence-electron chi connectivity index (χ4n) is 8.86. The molecule has 0 rings (SSSR count). The predicted octanol–water partition coefficient (Wildman–Crippen LogP) is -6.50. The lowest BCUT2D eigenvalue weighted by Crippen LogP contribution is -2.60. The van der Waals surface area contributed by atoms with Crippen molar-refractivity contribution in [1.29, 1.82) is 0 Å². The zero-order valence-electron chi connectivity index (χ0n) is 56.6. The van der Waals surface area contributed by atoms with Gasteiger partial charge in [0.05, 0.1) is 45.1 Å². The molecule has 38 heteroatoms. The minimum absolute atomic E-state index is 0.107. The van der Waals surface area contributed by atoms with Gasteiger partial charge in [-0.05, 0) is 87.7 Å². The number of unbranched alkanes of at least 4 members (excludes halogenated alkanes) is 1. The molecule has 0 saturated heterocycles. The highest BCUT2D eigenvalue weighted by Gasteiger charge is 2.37. The van der Waals surface area contributed by atoms with Crippen LogP contribution in [-0.4, -0.2) is 232 Å². The van der Waals surface area contributed by atoms with Crippen LogP contribution in [0.25, 0.3) is 0 Å². The molecule has 0 unspecified atom stereocenters. The molecule has 0 aromatic carbocycles. The first kappa shape index (κ1) is 88.2. The summed E-state index contributed by atoms with van der Waals surface area (Å²) in [7, 11) is 0. The van der Waals surface area contributed by atoms with Gasteiger partial charge in [0, 0.05) is 6.42 Å². The molecule has 0 spiro atoms. The molecule has 550 valence electrons. The molecule has 14 amide bonds. The first-order valence-electron chi connectivity index (χ1n) is 31.7. The van der Waals surface area contributed by atoms with Crippen molar-refractivity contribution in [2.24, 2.45) is 40.9 Å². The van der Waals surface area contributed by atoms with Gasteiger partial charge < -0.3 is 107 Å². The second kappa shape index (κ2) is 46.4. The van der Waals surface area contributed by atoms with E-state index in [2.05, 4.69) is 69.1 Å². The Kier molecular flexibility index (Phi) is 42.2. The first-order valence-corrected chi connectivity index (χ1v) is 33.1. The number of nitrogens with one attached hydrogen (secondary N) is 13. The molecule has 0 aliphatic heterocycles. The van der Waals surface area contributed by atoms with Crippen LogP contribution in [0.2, 0.25) is 0 Å². The number of carboxylic acids is 3. The van der Waals surface area contributed by atoms with Crippen LogP contribution < -0.4 is 86.3 Å². The summed E-state index contributed by atoms with van der Waals surface area (Å²) in [5.41, 5.74) is 16.7. The third-order valence-corrected chi connectivity index (χ3v) is 15.6. The number of primary amides is 1. The number of carbonyl (C=O) groups is 17. The monoisotopic (exact) mass is 1400 g/mol. The smallest absolute Gasteiger partial charge is 0.326 e. The summed E-state index contributed by atoms with van der Waals surface area (Å²) < 4.78 is 0. The Balaban J connectivity index is 6.06. The molecular weight excluding hydrogens is 1300 g/mol. The summed E-state index contributed by atoms with van der Waals surface area (Å²) in [5, 5.41) is 68.7. The topological polar surface area (TPSA) is 606 Å². The summed E-state index contributed by atoms with van der Waals surface area (Å²) in [4.78, 5) is 220. The predicted molar refractivity (Wildman–Crippen MR) is 349 cm³/mol. The maximum absolute atomic E-state index is 14.0. The molecular formula is C59H102N16O21S. The standard InChI is InChI=1S/C59H102N16O21S/c1-11-30(7)47(57(93)65-25-42(79)67-36(21-28(3)4)52(88)70-35(59(95)96)18-20-97-10)75-58(94)48(31(8)12-2)74-49(85)32(9)66-41(78)24-63-51(87)34(15-13-14-19-60)69-53(89)37(22-40(62)77)72-55(91)39(27-76)68-43(80)26-64-56(92)46(29(5)6)73-54(90)38(23-45(83)84)71-50(86)33(61)16-17-44(81)82/h28-39,46-48,76H,11-27,60-61H2,1-10H3,(H2,62,77)(H,63,87)(H,64,92)(H,65,93)(H,66,78)(H,67,79)(H,68,80)(H,69,89)(H,70,88)(H,71,86)(H,72,91)(H,73,90)(H,74,85)(H,75,94)(H,81,82)(H,83,84)(H,95,96)/t30-,31-,32-,33-,34-,35-,36-,37-,38-,39-,46-,47-,48-/m0/s1. The highest BCUT2D eigenvalue weighted by Crippen LogP contribution is 2.14. The number of thioether (sulfide) groups is 1. The average molecular weight is 1400 g/mol. The van der Waals surface area contributed by atoms with E-state index in [1.54, 1.807) is 47.8 Å². The van der Waals surface area contributed by atoms with Crippen molar-refractivity contribution in [1.82, 2.24) is 69.1 Å². The SMILES string of the molecule is CC[C@H](C)[C@H](NC(=O)[C@H](C)NC(=O)CNC(=O)[C@H](CCCCN)NC(=O)[C@H](CC(N)=O)NC(=O)[C@H](CO)NC(=O)CNC(=O)[C@@H](NC(=O)[C@H](CC(=O)O)NC(=O)[C@@H](N)CCC(=O)O)C(C)C)C(=O)N[C@H](C(=O)NCC(=O)N[C@@H](CC(C)C)C(=O)N[C@@H](CCSC)C(=O)O)[C@@H](C)CC. The molecule has 0 aliphatic rings. The average Bonchev–Trinajstić information content (AvgIpc) is 0.890. The lowest BCUT2D eigenvalue weighted by Gasteiger charge is -2.29. The van der Waals surface area contributed by atoms with E-state index in [-0.39, 0.29) is 44.6 Å². The number of hydrogen-bond donors (Lipinski definition) is 20. The van der Waals surface area contributed by atoms with Gasteiger partial charge >= 0.3 is 17.9 Å². The van der Waals surface area contributed by atoms with Crippen molar-refractivity contribution in [2.75, 3.05) is 44.8 Å². The van der Waals surface area contributed by atoms with Crippen LogP contribution in [0.1, 0.15) is 133 Å². The summed E-state index contributed by atoms with van der Waals surface area (Å²) >= 11 is 1.39. The fraction of sp³-hybridized carbons (Fsp3) is 0.712. The van der Waals surface area contributed by atoms with Crippen LogP contribution >= 0.6 is 11.8 Å². The van der Waals surface area contributed by atoms with Gasteiger partial charge in [0.25, 0.3) is 0 Å². The third-order valence-electron chi connectivity index (χ3n) is 14.9. The van der Waals surface area contributed by atoms with Gasteiger partial charge in [0.15, 0.2) is 0 Å². The number of hydrogen-bond acceptors (Lipinski definition) is 21. The minimum Gasteiger partial charge on any atom is -0.481 e. The number of rotatable bonds is 49. The normalized spacial score (nSPS) is 15.1. The number of aliphatic hydroxyl groups excluding tert-OH is 1. The Labute approximate surface area is 566 Å². The van der Waals surface area contributed by atoms with E-state index in [4.69, 9.17) is 22.3 Å². The second-order valence-electron chi connectivity index (χ2n) is 23.9. The van der Waals surface area contributed by atoms with Gasteiger partial charge in [0.1, 0.15) is 60.4 Å². The Bertz CT molecular complexity index is 2730. The van der Waals surface area contributed by atoms with Crippen molar-refractivity contribution < 1.29 is 102 Å². The van der Waals surface area contributed by atoms with Crippen molar-refractivity contribution in [3.8, 4) is 0 Å². The van der Waals surface area contributed by atoms with Gasteiger partial charge in [0.2, 0.25) is 82.7 Å². The third kappa shape index (κ3) is 35.2. The second-order valence-corrected chi connectivity index (χ2v) is 24.9. The van der Waals surface area contributed by atoms with Gasteiger partial charge in [-0.2, -0.15) is 11.8 Å². The molecule has 0 aromatic heterocycles. The number of aliphatic carboxylic acids is 3. The van der Waals surface area contributed by atoms with Crippen LogP contribution in [0.3, 0.4) is 0 Å². The van der Waals surface area contributed by atoms with Crippen molar-refractivity contribution in [3.05, 3.63) is 0 Å². The van der Waals surface area contributed by atoms with E-state index in [1.165, 1.54) is 32.5 Å². The van der Waals surface area contributed by atoms with Crippen molar-refractivity contribution in [2.45, 2.75) is 199 Å². The van der Waals surface area contributed by atoms with Gasteiger partial charge in [-0.25, -0.2) is 4.79 Å². The number of nitrogens with two attached hydrogens (primary N) is 3. The van der Waals surface area contributed by atoms with Gasteiger partial charge in [-0.3, -0.25) is 76.7 Å². The van der Waals surface area contributed by atoms with E-state index in [1.807, 2.05) is 0 Å². The number of amides is 14. The molecule has 97 heavy (non-hydrogen) atoms. The summed E-state index contributed by atoms with van der Waals surface area (Å²) in [5.74, 6) is -19.3. The number of aliphatic hydroxyl groups is 1. The maximum Gasteiger partial charge on any atom is 0.326 e. The highest BCUT2D eigenvalue weighted by atomic mass is 32.2. The van der Waals surface area contributed by atoms with Gasteiger partial charge in [-0.15, -0.1) is 0 Å². The quantitative estimate of drug-likeness (QED) is 0.0252. The summed E-state index contributed by atoms with van der Waals surface area (Å²) in [6.07, 6.45) is 0.449. The summed E-state index contributed by atoms with van der Waals surface area (Å²) in [6, 6.07) is -16.1. The van der Waals surface area contributed by atoms with E-state index in [0.717, 1.165) is 0 Å². The molecule has 0 fully saturated rings. The van der Waals surface area contributed by atoms with Crippen LogP contribution in [0.4, 0.5) is 0 Å². The number of carbonyl (C=O) groups excluding carboxylic acids is 14. The molecule has 0 heterocycles. The molecule has 23 N–H and O–H groups in total.